The van der Waals surface area contributed by atoms with Gasteiger partial charge in [0.05, 0.1) is 6.20 Å². The fourth-order valence-electron chi connectivity index (χ4n) is 6.48. The van der Waals surface area contributed by atoms with Crippen LogP contribution in [-0.2, 0) is 0 Å². The molecule has 0 radical (unpaired) electrons. The van der Waals surface area contributed by atoms with E-state index in [1.54, 1.807) is 12.4 Å². The molecule has 3 aromatic heterocycles. The molecule has 142 valence electrons. The van der Waals surface area contributed by atoms with Gasteiger partial charge in [-0.3, -0.25) is 9.78 Å². The van der Waals surface area contributed by atoms with E-state index in [1.807, 2.05) is 35.3 Å². The number of carbonyl (C=O) groups excluding carboxylic acids is 1. The van der Waals surface area contributed by atoms with E-state index in [-0.39, 0.29) is 11.4 Å². The summed E-state index contributed by atoms with van der Waals surface area (Å²) in [6.07, 6.45) is 17.1. The van der Waals surface area contributed by atoms with Crippen LogP contribution < -0.4 is 9.88 Å². The molecule has 1 amide bonds. The quantitative estimate of drug-likeness (QED) is 0.716. The molecule has 0 spiro atoms. The topological polar surface area (TPSA) is 50.3 Å². The zero-order chi connectivity index (χ0) is 18.7. The van der Waals surface area contributed by atoms with Crippen LogP contribution in [0.25, 0.3) is 11.2 Å². The Hall–Kier alpha value is -2.69. The van der Waals surface area contributed by atoms with Crippen molar-refractivity contribution in [3.8, 4) is 5.69 Å². The van der Waals surface area contributed by atoms with E-state index < -0.39 is 0 Å². The van der Waals surface area contributed by atoms with Gasteiger partial charge in [-0.2, -0.15) is 0 Å². The number of hydrogen-bond donors (Lipinski definition) is 1. The molecule has 4 aliphatic carbocycles. The van der Waals surface area contributed by atoms with Crippen LogP contribution in [0.15, 0.2) is 55.4 Å². The predicted molar refractivity (Wildman–Crippen MR) is 105 cm³/mol. The van der Waals surface area contributed by atoms with Gasteiger partial charge in [0.1, 0.15) is 17.4 Å². The molecular weight excluding hydrogens is 348 g/mol. The Labute approximate surface area is 164 Å². The third-order valence-electron chi connectivity index (χ3n) is 7.18. The van der Waals surface area contributed by atoms with Crippen LogP contribution in [-0.4, -0.2) is 20.8 Å². The number of imidazole rings is 1. The highest BCUT2D eigenvalue weighted by atomic mass is 16.1. The standard InChI is InChI=1S/C23H24N4O/c28-22(25-23-10-16-7-17(11-23)9-18(8-16)12-23)20-13-24-5-4-21(20)27-14-19-3-1-2-6-26(19)15-27/h1-6,13-18H,7-12H2/p+1. The molecule has 0 saturated heterocycles. The van der Waals surface area contributed by atoms with E-state index in [4.69, 9.17) is 0 Å². The summed E-state index contributed by atoms with van der Waals surface area (Å²) < 4.78 is 4.08. The van der Waals surface area contributed by atoms with E-state index in [0.29, 0.717) is 5.56 Å². The first-order chi connectivity index (χ1) is 13.7. The molecule has 4 saturated carbocycles. The van der Waals surface area contributed by atoms with Crippen LogP contribution in [0.1, 0.15) is 48.9 Å². The normalized spacial score (nSPS) is 30.6. The molecule has 4 bridgehead atoms. The molecule has 0 aliphatic heterocycles. The van der Waals surface area contributed by atoms with E-state index in [9.17, 15) is 4.79 Å². The third kappa shape index (κ3) is 2.56. The number of amides is 1. The Kier molecular flexibility index (Phi) is 3.43. The van der Waals surface area contributed by atoms with Crippen molar-refractivity contribution in [1.82, 2.24) is 14.7 Å². The minimum Gasteiger partial charge on any atom is -0.346 e. The van der Waals surface area contributed by atoms with Crippen molar-refractivity contribution in [2.75, 3.05) is 0 Å². The number of pyridine rings is 2. The van der Waals surface area contributed by atoms with Gasteiger partial charge in [0.2, 0.25) is 0 Å². The lowest BCUT2D eigenvalue weighted by atomic mass is 9.53. The molecule has 4 aliphatic rings. The molecule has 3 heterocycles. The lowest BCUT2D eigenvalue weighted by Gasteiger charge is -2.56. The molecule has 0 unspecified atom stereocenters. The maximum atomic E-state index is 13.4. The molecule has 0 atom stereocenters. The lowest BCUT2D eigenvalue weighted by molar-refractivity contribution is -0.594. The maximum absolute atomic E-state index is 13.4. The van der Waals surface area contributed by atoms with Crippen molar-refractivity contribution in [3.05, 3.63) is 60.9 Å². The minimum absolute atomic E-state index is 0.00902. The number of hydrogen-bond acceptors (Lipinski definition) is 2. The van der Waals surface area contributed by atoms with Gasteiger partial charge < -0.3 is 5.32 Å². The fourth-order valence-corrected chi connectivity index (χ4v) is 6.48. The van der Waals surface area contributed by atoms with Crippen LogP contribution >= 0.6 is 0 Å². The van der Waals surface area contributed by atoms with Crippen LogP contribution in [0.3, 0.4) is 0 Å². The first-order valence-electron chi connectivity index (χ1n) is 10.4. The number of carbonyl (C=O) groups is 1. The van der Waals surface area contributed by atoms with Crippen molar-refractivity contribution in [3.63, 3.8) is 0 Å². The van der Waals surface area contributed by atoms with Crippen molar-refractivity contribution >= 4 is 11.4 Å². The summed E-state index contributed by atoms with van der Waals surface area (Å²) in [6, 6.07) is 8.01. The summed E-state index contributed by atoms with van der Waals surface area (Å²) >= 11 is 0. The molecule has 5 heteroatoms. The lowest BCUT2D eigenvalue weighted by Crippen LogP contribution is -2.60. The van der Waals surface area contributed by atoms with Gasteiger partial charge in [-0.15, -0.1) is 0 Å². The summed E-state index contributed by atoms with van der Waals surface area (Å²) in [5, 5.41) is 3.49. The third-order valence-corrected chi connectivity index (χ3v) is 7.18. The molecule has 28 heavy (non-hydrogen) atoms. The van der Waals surface area contributed by atoms with Gasteiger partial charge in [0, 0.05) is 24.0 Å². The predicted octanol–water partition coefficient (Wildman–Crippen LogP) is 3.31. The second-order valence-corrected chi connectivity index (χ2v) is 9.23. The van der Waals surface area contributed by atoms with E-state index in [0.717, 1.165) is 48.2 Å². The molecular formula is C23H25N4O+. The molecule has 0 aromatic carbocycles. The monoisotopic (exact) mass is 373 g/mol. The highest BCUT2D eigenvalue weighted by molar-refractivity contribution is 5.97. The second-order valence-electron chi connectivity index (χ2n) is 9.23. The van der Waals surface area contributed by atoms with Gasteiger partial charge in [0.15, 0.2) is 5.52 Å². The average Bonchev–Trinajstić information content (AvgIpc) is 3.10. The van der Waals surface area contributed by atoms with Crippen LogP contribution in [0.2, 0.25) is 0 Å². The summed E-state index contributed by atoms with van der Waals surface area (Å²) in [7, 11) is 0. The molecule has 3 aromatic rings. The number of aromatic nitrogens is 3. The zero-order valence-electron chi connectivity index (χ0n) is 15.9. The van der Waals surface area contributed by atoms with Gasteiger partial charge in [0.25, 0.3) is 12.2 Å². The van der Waals surface area contributed by atoms with Crippen LogP contribution in [0.5, 0.6) is 0 Å². The number of fused-ring (bicyclic) bond motifs is 1. The van der Waals surface area contributed by atoms with Crippen molar-refractivity contribution in [1.29, 1.82) is 0 Å². The van der Waals surface area contributed by atoms with Gasteiger partial charge >= 0.3 is 0 Å². The highest BCUT2D eigenvalue weighted by Crippen LogP contribution is 2.55. The number of nitrogens with zero attached hydrogens (tertiary/aromatic N) is 3. The Morgan fingerprint density at radius 3 is 2.57 bits per heavy atom. The number of nitrogens with one attached hydrogen (secondary N) is 1. The molecule has 7 rings (SSSR count). The molecule has 4 fully saturated rings. The van der Waals surface area contributed by atoms with Gasteiger partial charge in [-0.25, -0.2) is 8.97 Å². The summed E-state index contributed by atoms with van der Waals surface area (Å²) in [5.74, 6) is 2.45. The van der Waals surface area contributed by atoms with Crippen LogP contribution in [0.4, 0.5) is 0 Å². The second kappa shape index (κ2) is 5.90. The Bertz CT molecular complexity index is 1000. The summed E-state index contributed by atoms with van der Waals surface area (Å²) in [6.45, 7) is 0. The highest BCUT2D eigenvalue weighted by Gasteiger charge is 2.51. The maximum Gasteiger partial charge on any atom is 0.257 e. The van der Waals surface area contributed by atoms with E-state index >= 15 is 0 Å². The van der Waals surface area contributed by atoms with Crippen molar-refractivity contribution in [2.45, 2.75) is 44.1 Å². The Morgan fingerprint density at radius 1 is 1.11 bits per heavy atom. The largest absolute Gasteiger partial charge is 0.346 e. The molecule has 5 nitrogen and oxygen atoms in total. The first-order valence-corrected chi connectivity index (χ1v) is 10.4. The Morgan fingerprint density at radius 2 is 1.86 bits per heavy atom. The number of rotatable bonds is 3. The SMILES string of the molecule is O=C(NC12CC3CC(CC(C3)C1)C2)c1cnccc1-[n+]1cc2ccccn2c1. The summed E-state index contributed by atoms with van der Waals surface area (Å²) in [4.78, 5) is 17.6. The van der Waals surface area contributed by atoms with Gasteiger partial charge in [-0.1, -0.05) is 6.07 Å². The van der Waals surface area contributed by atoms with E-state index in [1.165, 1.54) is 19.3 Å². The Balaban J connectivity index is 1.34. The first kappa shape index (κ1) is 16.3. The molecule has 1 N–H and O–H groups in total. The van der Waals surface area contributed by atoms with E-state index in [2.05, 4.69) is 27.0 Å². The zero-order valence-corrected chi connectivity index (χ0v) is 15.9. The average molecular weight is 373 g/mol. The smallest absolute Gasteiger partial charge is 0.257 e. The van der Waals surface area contributed by atoms with Gasteiger partial charge in [-0.05, 0) is 68.4 Å². The van der Waals surface area contributed by atoms with Crippen LogP contribution in [0, 0.1) is 17.8 Å². The minimum atomic E-state index is 0.00902. The summed E-state index contributed by atoms with van der Waals surface area (Å²) in [5.41, 5.74) is 2.63. The van der Waals surface area contributed by atoms with Crippen molar-refractivity contribution < 1.29 is 9.36 Å². The van der Waals surface area contributed by atoms with Crippen molar-refractivity contribution in [2.24, 2.45) is 17.8 Å². The fraction of sp³-hybridized carbons (Fsp3) is 0.435.